The Morgan fingerprint density at radius 2 is 1.06 bits per heavy atom. The van der Waals surface area contributed by atoms with Gasteiger partial charge in [0.1, 0.15) is 16.7 Å². The molecule has 0 aliphatic heterocycles. The summed E-state index contributed by atoms with van der Waals surface area (Å²) in [5.74, 6) is 0.605. The number of furan rings is 1. The van der Waals surface area contributed by atoms with Crippen LogP contribution >= 0.6 is 0 Å². The third-order valence-electron chi connectivity index (χ3n) is 10.2. The summed E-state index contributed by atoms with van der Waals surface area (Å²) in [5.41, 5.74) is 9.60. The van der Waals surface area contributed by atoms with Crippen LogP contribution in [0.3, 0.4) is 0 Å². The van der Waals surface area contributed by atoms with Crippen LogP contribution in [-0.4, -0.2) is 4.98 Å². The molecule has 4 heteroatoms. The van der Waals surface area contributed by atoms with Gasteiger partial charge in [-0.3, -0.25) is 0 Å². The molecule has 0 amide bonds. The summed E-state index contributed by atoms with van der Waals surface area (Å²) in [6, 6.07) is 59.8. The second kappa shape index (κ2) is 10.8. The van der Waals surface area contributed by atoms with E-state index in [0.29, 0.717) is 5.89 Å². The van der Waals surface area contributed by atoms with E-state index in [1.807, 2.05) is 42.5 Å². The van der Waals surface area contributed by atoms with E-state index in [0.717, 1.165) is 72.0 Å². The summed E-state index contributed by atoms with van der Waals surface area (Å²) in [7, 11) is 0. The van der Waals surface area contributed by atoms with Crippen LogP contribution in [0.15, 0.2) is 179 Å². The first-order valence-corrected chi connectivity index (χ1v) is 17.2. The average molecular weight is 653 g/mol. The fourth-order valence-electron chi connectivity index (χ4n) is 7.76. The smallest absolute Gasteiger partial charge is 0.227 e. The summed E-state index contributed by atoms with van der Waals surface area (Å²) in [6.07, 6.45) is 0. The molecule has 4 nitrogen and oxygen atoms in total. The summed E-state index contributed by atoms with van der Waals surface area (Å²) < 4.78 is 13.3. The number of aromatic nitrogens is 1. The van der Waals surface area contributed by atoms with Gasteiger partial charge in [-0.25, -0.2) is 4.98 Å². The Morgan fingerprint density at radius 1 is 0.392 bits per heavy atom. The van der Waals surface area contributed by atoms with E-state index in [1.54, 1.807) is 0 Å². The van der Waals surface area contributed by atoms with Crippen LogP contribution in [0, 0.1) is 0 Å². The Bertz CT molecular complexity index is 3080. The fraction of sp³-hybridized carbons (Fsp3) is 0. The lowest BCUT2D eigenvalue weighted by atomic mass is 9.99. The van der Waals surface area contributed by atoms with Gasteiger partial charge in [0.15, 0.2) is 5.58 Å². The van der Waals surface area contributed by atoms with Gasteiger partial charge in [0.05, 0.1) is 5.69 Å². The lowest BCUT2D eigenvalue weighted by Crippen LogP contribution is -2.10. The van der Waals surface area contributed by atoms with Crippen LogP contribution in [0.5, 0.6) is 0 Å². The monoisotopic (exact) mass is 652 g/mol. The zero-order chi connectivity index (χ0) is 33.5. The van der Waals surface area contributed by atoms with Gasteiger partial charge >= 0.3 is 0 Å². The van der Waals surface area contributed by atoms with Gasteiger partial charge in [-0.15, -0.1) is 0 Å². The fourth-order valence-corrected chi connectivity index (χ4v) is 7.76. The van der Waals surface area contributed by atoms with E-state index in [1.165, 1.54) is 27.1 Å². The van der Waals surface area contributed by atoms with E-state index >= 15 is 0 Å². The predicted octanol–water partition coefficient (Wildman–Crippen LogP) is 13.4. The lowest BCUT2D eigenvalue weighted by Gasteiger charge is -2.26. The summed E-state index contributed by atoms with van der Waals surface area (Å²) in [6.45, 7) is 0. The highest BCUT2D eigenvalue weighted by atomic mass is 16.3. The maximum absolute atomic E-state index is 6.67. The van der Waals surface area contributed by atoms with Crippen LogP contribution in [0.25, 0.3) is 87.9 Å². The van der Waals surface area contributed by atoms with E-state index in [-0.39, 0.29) is 0 Å². The molecule has 11 aromatic rings. The van der Waals surface area contributed by atoms with Crippen LogP contribution in [-0.2, 0) is 0 Å². The zero-order valence-electron chi connectivity index (χ0n) is 27.4. The molecule has 0 aliphatic carbocycles. The molecule has 0 N–H and O–H groups in total. The van der Waals surface area contributed by atoms with Crippen LogP contribution in [0.1, 0.15) is 0 Å². The largest absolute Gasteiger partial charge is 0.456 e. The van der Waals surface area contributed by atoms with E-state index in [2.05, 4.69) is 132 Å². The van der Waals surface area contributed by atoms with Gasteiger partial charge < -0.3 is 13.7 Å². The highest BCUT2D eigenvalue weighted by molar-refractivity contribution is 6.32. The minimum atomic E-state index is 0.605. The van der Waals surface area contributed by atoms with Crippen molar-refractivity contribution in [2.45, 2.75) is 0 Å². The molecule has 238 valence electrons. The molecular weight excluding hydrogens is 625 g/mol. The van der Waals surface area contributed by atoms with Crippen molar-refractivity contribution in [2.24, 2.45) is 0 Å². The van der Waals surface area contributed by atoms with Crippen molar-refractivity contribution in [1.29, 1.82) is 0 Å². The minimum absolute atomic E-state index is 0.605. The maximum Gasteiger partial charge on any atom is 0.227 e. The molecule has 0 atom stereocenters. The molecule has 0 unspecified atom stereocenters. The van der Waals surface area contributed by atoms with E-state index in [4.69, 9.17) is 13.8 Å². The number of oxazole rings is 1. The SMILES string of the molecule is c1ccc(-c2nc3c4cccc5oc6cc(N(c7ccc(-c8ccc9ccccc9c8)cc7)c7ccc8ccccc8c7)cc(c3o2)c6c54)cc1. The highest BCUT2D eigenvalue weighted by Crippen LogP contribution is 2.47. The predicted molar refractivity (Wildman–Crippen MR) is 211 cm³/mol. The van der Waals surface area contributed by atoms with Crippen LogP contribution < -0.4 is 4.90 Å². The molecule has 0 aliphatic rings. The van der Waals surface area contributed by atoms with E-state index < -0.39 is 0 Å². The number of hydrogen-bond acceptors (Lipinski definition) is 4. The number of rotatable bonds is 5. The first-order chi connectivity index (χ1) is 25.2. The standard InChI is InChI=1S/C47H28N2O2/c1-2-11-32(12-3-1)47-48-45-39-15-8-16-41-43(39)44-40(46(45)51-47)27-38(28-42(44)50-41)49(37-24-21-30-10-5-7-14-34(30)26-37)36-22-19-31(20-23-36)35-18-17-29-9-4-6-13-33(29)25-35/h1-28H. The molecule has 0 saturated heterocycles. The van der Waals surface area contributed by atoms with Crippen molar-refractivity contribution in [3.8, 4) is 22.6 Å². The van der Waals surface area contributed by atoms with Crippen molar-refractivity contribution in [2.75, 3.05) is 4.90 Å². The van der Waals surface area contributed by atoms with Gasteiger partial charge in [-0.05, 0) is 87.3 Å². The third-order valence-corrected chi connectivity index (χ3v) is 10.2. The molecule has 9 aromatic carbocycles. The summed E-state index contributed by atoms with van der Waals surface area (Å²) in [4.78, 5) is 7.38. The van der Waals surface area contributed by atoms with Gasteiger partial charge in [0.2, 0.25) is 5.89 Å². The normalized spacial score (nSPS) is 11.9. The molecular formula is C47H28N2O2. The Hall–Kier alpha value is -6.91. The van der Waals surface area contributed by atoms with Crippen molar-refractivity contribution < 1.29 is 8.83 Å². The molecule has 0 fully saturated rings. The molecule has 51 heavy (non-hydrogen) atoms. The zero-order valence-corrected chi connectivity index (χ0v) is 27.4. The maximum atomic E-state index is 6.67. The molecule has 2 heterocycles. The second-order valence-electron chi connectivity index (χ2n) is 13.2. The van der Waals surface area contributed by atoms with Crippen molar-refractivity contribution in [1.82, 2.24) is 4.98 Å². The number of fused-ring (bicyclic) bond motifs is 5. The Labute approximate surface area is 292 Å². The first kappa shape index (κ1) is 28.0. The number of anilines is 3. The third kappa shape index (κ3) is 4.37. The summed E-state index contributed by atoms with van der Waals surface area (Å²) >= 11 is 0. The van der Waals surface area contributed by atoms with Crippen LogP contribution in [0.2, 0.25) is 0 Å². The lowest BCUT2D eigenvalue weighted by molar-refractivity contribution is 0.623. The minimum Gasteiger partial charge on any atom is -0.456 e. The molecule has 2 aromatic heterocycles. The quantitative estimate of drug-likeness (QED) is 0.174. The van der Waals surface area contributed by atoms with Crippen LogP contribution in [0.4, 0.5) is 17.1 Å². The number of benzene rings is 9. The van der Waals surface area contributed by atoms with Gasteiger partial charge in [-0.2, -0.15) is 0 Å². The van der Waals surface area contributed by atoms with Gasteiger partial charge in [0.25, 0.3) is 0 Å². The second-order valence-corrected chi connectivity index (χ2v) is 13.2. The topological polar surface area (TPSA) is 42.4 Å². The molecule has 0 spiro atoms. The molecule has 0 radical (unpaired) electrons. The summed E-state index contributed by atoms with van der Waals surface area (Å²) in [5, 5.41) is 8.98. The highest BCUT2D eigenvalue weighted by Gasteiger charge is 2.24. The number of nitrogens with zero attached hydrogens (tertiary/aromatic N) is 2. The Kier molecular flexibility index (Phi) is 5.92. The molecule has 0 saturated carbocycles. The number of hydrogen-bond donors (Lipinski definition) is 0. The molecule has 11 rings (SSSR count). The van der Waals surface area contributed by atoms with E-state index in [9.17, 15) is 0 Å². The van der Waals surface area contributed by atoms with Crippen molar-refractivity contribution >= 4 is 82.4 Å². The van der Waals surface area contributed by atoms with Crippen molar-refractivity contribution in [3.05, 3.63) is 170 Å². The Balaban J connectivity index is 1.14. The van der Waals surface area contributed by atoms with Gasteiger partial charge in [0, 0.05) is 44.5 Å². The Morgan fingerprint density at radius 3 is 1.86 bits per heavy atom. The van der Waals surface area contributed by atoms with Gasteiger partial charge in [-0.1, -0.05) is 109 Å². The van der Waals surface area contributed by atoms with Crippen molar-refractivity contribution in [3.63, 3.8) is 0 Å². The average Bonchev–Trinajstić information content (AvgIpc) is 3.81. The first-order valence-electron chi connectivity index (χ1n) is 17.2. The molecule has 0 bridgehead atoms.